The summed E-state index contributed by atoms with van der Waals surface area (Å²) in [5, 5.41) is 7.30. The van der Waals surface area contributed by atoms with Gasteiger partial charge in [0.25, 0.3) is 0 Å². The number of rotatable bonds is 5. The van der Waals surface area contributed by atoms with Gasteiger partial charge in [0, 0.05) is 19.5 Å². The molecule has 0 unspecified atom stereocenters. The van der Waals surface area contributed by atoms with E-state index >= 15 is 0 Å². The quantitative estimate of drug-likeness (QED) is 0.882. The number of ketones is 1. The van der Waals surface area contributed by atoms with Gasteiger partial charge in [0.1, 0.15) is 6.54 Å². The molecule has 1 N–H and O–H groups in total. The molecule has 1 amide bonds. The largest absolute Gasteiger partial charge is 0.353 e. The molecule has 22 heavy (non-hydrogen) atoms. The number of hydrogen-bond donors (Lipinski definition) is 1. The second-order valence-corrected chi connectivity index (χ2v) is 7.16. The zero-order valence-corrected chi connectivity index (χ0v) is 14.2. The van der Waals surface area contributed by atoms with Crippen LogP contribution in [0.2, 0.25) is 0 Å². The zero-order valence-electron chi connectivity index (χ0n) is 14.2. The van der Waals surface area contributed by atoms with Gasteiger partial charge in [-0.25, -0.2) is 0 Å². The van der Waals surface area contributed by atoms with Crippen molar-refractivity contribution in [2.24, 2.45) is 5.41 Å². The van der Waals surface area contributed by atoms with Crippen LogP contribution in [-0.2, 0) is 17.8 Å². The van der Waals surface area contributed by atoms with Gasteiger partial charge in [-0.3, -0.25) is 14.3 Å². The van der Waals surface area contributed by atoms with Gasteiger partial charge in [-0.2, -0.15) is 5.10 Å². The molecule has 0 saturated heterocycles. The van der Waals surface area contributed by atoms with Crippen molar-refractivity contribution in [2.75, 3.05) is 27.2 Å². The highest BCUT2D eigenvalue weighted by molar-refractivity contribution is 5.99. The van der Waals surface area contributed by atoms with Crippen molar-refractivity contribution < 1.29 is 9.59 Å². The van der Waals surface area contributed by atoms with E-state index < -0.39 is 0 Å². The number of aryl methyl sites for hydroxylation is 1. The normalized spacial score (nSPS) is 16.7. The Balaban J connectivity index is 2.12. The van der Waals surface area contributed by atoms with Gasteiger partial charge in [-0.15, -0.1) is 0 Å². The average Bonchev–Trinajstić information content (AvgIpc) is 2.63. The molecule has 122 valence electrons. The van der Waals surface area contributed by atoms with Crippen molar-refractivity contribution >= 4 is 11.7 Å². The van der Waals surface area contributed by atoms with Crippen LogP contribution in [-0.4, -0.2) is 53.6 Å². The summed E-state index contributed by atoms with van der Waals surface area (Å²) in [4.78, 5) is 26.4. The molecule has 1 aliphatic rings. The summed E-state index contributed by atoms with van der Waals surface area (Å²) in [5.41, 5.74) is 2.29. The molecule has 0 fully saturated rings. The van der Waals surface area contributed by atoms with Gasteiger partial charge in [-0.1, -0.05) is 13.8 Å². The fourth-order valence-electron chi connectivity index (χ4n) is 2.95. The number of likely N-dealkylation sites (N-methyl/N-ethyl adjacent to an activating group) is 1. The zero-order chi connectivity index (χ0) is 16.5. The van der Waals surface area contributed by atoms with Crippen molar-refractivity contribution in [1.82, 2.24) is 20.0 Å². The molecule has 0 aliphatic heterocycles. The van der Waals surface area contributed by atoms with Crippen molar-refractivity contribution in [1.29, 1.82) is 0 Å². The van der Waals surface area contributed by atoms with Crippen LogP contribution in [0.3, 0.4) is 0 Å². The molecule has 2 rings (SSSR count). The highest BCUT2D eigenvalue weighted by atomic mass is 16.2. The van der Waals surface area contributed by atoms with E-state index in [1.54, 1.807) is 4.68 Å². The third kappa shape index (κ3) is 3.74. The van der Waals surface area contributed by atoms with E-state index in [0.717, 1.165) is 29.9 Å². The molecule has 0 bridgehead atoms. The average molecular weight is 306 g/mol. The van der Waals surface area contributed by atoms with Crippen LogP contribution in [0.4, 0.5) is 0 Å². The maximum atomic E-state index is 12.3. The summed E-state index contributed by atoms with van der Waals surface area (Å²) in [6.45, 7) is 7.59. The lowest BCUT2D eigenvalue weighted by Crippen LogP contribution is -2.35. The lowest BCUT2D eigenvalue weighted by atomic mass is 9.75. The molecule has 6 nitrogen and oxygen atoms in total. The van der Waals surface area contributed by atoms with Crippen LogP contribution in [0.5, 0.6) is 0 Å². The molecule has 0 saturated carbocycles. The highest BCUT2D eigenvalue weighted by Gasteiger charge is 2.35. The van der Waals surface area contributed by atoms with Crippen molar-refractivity contribution in [3.63, 3.8) is 0 Å². The Kier molecular flexibility index (Phi) is 4.70. The Morgan fingerprint density at radius 2 is 2.05 bits per heavy atom. The van der Waals surface area contributed by atoms with Crippen LogP contribution >= 0.6 is 0 Å². The van der Waals surface area contributed by atoms with Crippen LogP contribution < -0.4 is 5.32 Å². The molecule has 0 atom stereocenters. The Bertz CT molecular complexity index is 587. The standard InChI is InChI=1S/C16H26N4O2/c1-11-15-12(8-16(2,3)9-13(15)21)20(18-11)10-14(22)17-6-7-19(4)5/h6-10H2,1-5H3,(H,17,22). The minimum Gasteiger partial charge on any atom is -0.353 e. The minimum atomic E-state index is -0.0737. The van der Waals surface area contributed by atoms with Crippen molar-refractivity contribution in [3.8, 4) is 0 Å². The summed E-state index contributed by atoms with van der Waals surface area (Å²) in [7, 11) is 3.93. The SMILES string of the molecule is Cc1nn(CC(=O)NCCN(C)C)c2c1C(=O)CC(C)(C)C2. The first-order valence-electron chi connectivity index (χ1n) is 7.70. The Morgan fingerprint density at radius 3 is 2.68 bits per heavy atom. The fourth-order valence-corrected chi connectivity index (χ4v) is 2.95. The summed E-state index contributed by atoms with van der Waals surface area (Å²) in [6.07, 6.45) is 1.32. The second kappa shape index (κ2) is 6.20. The van der Waals surface area contributed by atoms with Crippen LogP contribution in [0, 0.1) is 12.3 Å². The van der Waals surface area contributed by atoms with Gasteiger partial charge in [0.15, 0.2) is 5.78 Å². The molecular formula is C16H26N4O2. The number of Topliss-reactive ketones (excluding diaryl/α,β-unsaturated/α-hetero) is 1. The molecular weight excluding hydrogens is 280 g/mol. The molecule has 6 heteroatoms. The lowest BCUT2D eigenvalue weighted by Gasteiger charge is -2.29. The maximum Gasteiger partial charge on any atom is 0.241 e. The number of nitrogens with one attached hydrogen (secondary N) is 1. The topological polar surface area (TPSA) is 67.2 Å². The van der Waals surface area contributed by atoms with E-state index in [9.17, 15) is 9.59 Å². The Labute approximate surface area is 131 Å². The number of nitrogens with zero attached hydrogens (tertiary/aromatic N) is 3. The van der Waals surface area contributed by atoms with Crippen molar-refractivity contribution in [3.05, 3.63) is 17.0 Å². The van der Waals surface area contributed by atoms with E-state index in [0.29, 0.717) is 13.0 Å². The maximum absolute atomic E-state index is 12.3. The number of aromatic nitrogens is 2. The van der Waals surface area contributed by atoms with Crippen LogP contribution in [0.1, 0.15) is 42.0 Å². The molecule has 0 radical (unpaired) electrons. The Hall–Kier alpha value is -1.69. The van der Waals surface area contributed by atoms with Gasteiger partial charge >= 0.3 is 0 Å². The van der Waals surface area contributed by atoms with E-state index in [1.165, 1.54) is 0 Å². The summed E-state index contributed by atoms with van der Waals surface area (Å²) >= 11 is 0. The molecule has 1 heterocycles. The molecule has 0 aromatic carbocycles. The van der Waals surface area contributed by atoms with E-state index in [2.05, 4.69) is 24.3 Å². The second-order valence-electron chi connectivity index (χ2n) is 7.16. The smallest absolute Gasteiger partial charge is 0.241 e. The number of amides is 1. The van der Waals surface area contributed by atoms with Gasteiger partial charge in [0.05, 0.1) is 17.0 Å². The number of fused-ring (bicyclic) bond motifs is 1. The third-order valence-corrected chi connectivity index (χ3v) is 3.97. The van der Waals surface area contributed by atoms with Gasteiger partial charge in [0.2, 0.25) is 5.91 Å². The van der Waals surface area contributed by atoms with Gasteiger partial charge in [-0.05, 0) is 32.9 Å². The summed E-state index contributed by atoms with van der Waals surface area (Å²) < 4.78 is 1.70. The van der Waals surface area contributed by atoms with E-state index in [-0.39, 0.29) is 23.7 Å². The molecule has 1 aliphatic carbocycles. The predicted molar refractivity (Wildman–Crippen MR) is 85.0 cm³/mol. The fraction of sp³-hybridized carbons (Fsp3) is 0.688. The minimum absolute atomic E-state index is 0.0667. The van der Waals surface area contributed by atoms with Gasteiger partial charge < -0.3 is 10.2 Å². The lowest BCUT2D eigenvalue weighted by molar-refractivity contribution is -0.121. The van der Waals surface area contributed by atoms with Crippen molar-refractivity contribution in [2.45, 2.75) is 40.2 Å². The number of carbonyl (C=O) groups excluding carboxylic acids is 2. The highest BCUT2D eigenvalue weighted by Crippen LogP contribution is 2.35. The van der Waals surface area contributed by atoms with Crippen LogP contribution in [0.25, 0.3) is 0 Å². The van der Waals surface area contributed by atoms with E-state index in [1.807, 2.05) is 25.9 Å². The van der Waals surface area contributed by atoms with Crippen LogP contribution in [0.15, 0.2) is 0 Å². The molecule has 0 spiro atoms. The first kappa shape index (κ1) is 16.7. The van der Waals surface area contributed by atoms with E-state index in [4.69, 9.17) is 0 Å². The molecule has 1 aromatic heterocycles. The first-order valence-corrected chi connectivity index (χ1v) is 7.70. The Morgan fingerprint density at radius 1 is 1.36 bits per heavy atom. The predicted octanol–water partition coefficient (Wildman–Crippen LogP) is 1.02. The summed E-state index contributed by atoms with van der Waals surface area (Å²) in [6, 6.07) is 0. The first-order chi connectivity index (χ1) is 10.2. The monoisotopic (exact) mass is 306 g/mol. The summed E-state index contributed by atoms with van der Waals surface area (Å²) in [5.74, 6) is 0.0750. The number of hydrogen-bond acceptors (Lipinski definition) is 4. The number of carbonyl (C=O) groups is 2. The third-order valence-electron chi connectivity index (χ3n) is 3.97. The molecule has 1 aromatic rings.